The van der Waals surface area contributed by atoms with E-state index < -0.39 is 5.91 Å². The minimum Gasteiger partial charge on any atom is -0.484 e. The van der Waals surface area contributed by atoms with Gasteiger partial charge in [0.1, 0.15) is 18.1 Å². The number of carbonyl (C=O) groups is 2. The number of hydrogen-bond donors (Lipinski definition) is 2. The molecule has 2 amide bonds. The number of ether oxygens (including phenoxy) is 1. The number of aryl methyl sites for hydroxylation is 1. The number of nitrogens with one attached hydrogen (secondary N) is 2. The van der Waals surface area contributed by atoms with Crippen LogP contribution in [0.25, 0.3) is 0 Å². The summed E-state index contributed by atoms with van der Waals surface area (Å²) < 4.78 is 13.6. The van der Waals surface area contributed by atoms with Gasteiger partial charge in [-0.3, -0.25) is 14.3 Å². The predicted molar refractivity (Wildman–Crippen MR) is 128 cm³/mol. The molecule has 10 heteroatoms. The summed E-state index contributed by atoms with van der Waals surface area (Å²) in [7, 11) is 1.74. The number of rotatable bonds is 7. The fourth-order valence-electron chi connectivity index (χ4n) is 2.88. The fraction of sp³-hybridized carbons (Fsp3) is 0.0870. The molecule has 0 atom stereocenters. The zero-order valence-corrected chi connectivity index (χ0v) is 19.7. The zero-order valence-electron chi connectivity index (χ0n) is 17.3. The Bertz CT molecular complexity index is 1300. The Hall–Kier alpha value is -3.56. The second-order valence-corrected chi connectivity index (χ2v) is 8.31. The number of amides is 2. The normalized spacial score (nSPS) is 10.6. The van der Waals surface area contributed by atoms with Crippen LogP contribution in [0.5, 0.6) is 5.75 Å². The van der Waals surface area contributed by atoms with E-state index >= 15 is 0 Å². The fourth-order valence-corrected chi connectivity index (χ4v) is 3.61. The molecule has 0 spiro atoms. The van der Waals surface area contributed by atoms with Crippen LogP contribution >= 0.6 is 27.5 Å². The molecule has 0 fully saturated rings. The van der Waals surface area contributed by atoms with E-state index in [2.05, 4.69) is 31.7 Å². The van der Waals surface area contributed by atoms with E-state index in [1.807, 2.05) is 6.07 Å². The second-order valence-electron chi connectivity index (χ2n) is 6.99. The minimum absolute atomic E-state index is 0.124. The average Bonchev–Trinajstić information content (AvgIpc) is 3.44. The van der Waals surface area contributed by atoms with Crippen LogP contribution < -0.4 is 15.4 Å². The molecule has 2 heterocycles. The van der Waals surface area contributed by atoms with E-state index in [1.165, 1.54) is 0 Å². The molecule has 0 saturated carbocycles. The van der Waals surface area contributed by atoms with Gasteiger partial charge in [-0.25, -0.2) is 0 Å². The Kier molecular flexibility index (Phi) is 6.81. The third-order valence-corrected chi connectivity index (χ3v) is 5.28. The third-order valence-electron chi connectivity index (χ3n) is 4.50. The van der Waals surface area contributed by atoms with Gasteiger partial charge in [0, 0.05) is 29.1 Å². The Morgan fingerprint density at radius 1 is 1.03 bits per heavy atom. The van der Waals surface area contributed by atoms with Crippen molar-refractivity contribution in [3.05, 3.63) is 93.6 Å². The number of anilines is 2. The Labute approximate surface area is 202 Å². The first kappa shape index (κ1) is 22.6. The highest BCUT2D eigenvalue weighted by atomic mass is 79.9. The number of benzene rings is 2. The molecule has 8 nitrogen and oxygen atoms in total. The summed E-state index contributed by atoms with van der Waals surface area (Å²) in [5.74, 6) is 0.405. The number of hydrogen-bond acceptors (Lipinski definition) is 5. The minimum atomic E-state index is -0.409. The largest absolute Gasteiger partial charge is 0.484 e. The van der Waals surface area contributed by atoms with E-state index in [-0.39, 0.29) is 18.3 Å². The molecular weight excluding hydrogens is 512 g/mol. The molecule has 0 aliphatic heterocycles. The van der Waals surface area contributed by atoms with Gasteiger partial charge in [0.25, 0.3) is 11.8 Å². The lowest BCUT2D eigenvalue weighted by molar-refractivity contribution is 0.0990. The number of carbonyl (C=O) groups excluding carboxylic acids is 2. The van der Waals surface area contributed by atoms with Gasteiger partial charge in [0.05, 0.1) is 5.02 Å². The quantitative estimate of drug-likeness (QED) is 0.329. The highest BCUT2D eigenvalue weighted by Crippen LogP contribution is 2.28. The topological polar surface area (TPSA) is 98.4 Å². The Balaban J connectivity index is 1.32. The first-order valence-corrected chi connectivity index (χ1v) is 10.9. The maximum absolute atomic E-state index is 12.5. The van der Waals surface area contributed by atoms with Crippen LogP contribution in [0.3, 0.4) is 0 Å². The van der Waals surface area contributed by atoms with Gasteiger partial charge in [-0.1, -0.05) is 27.5 Å². The molecule has 0 aliphatic carbocycles. The van der Waals surface area contributed by atoms with Crippen molar-refractivity contribution in [3.63, 3.8) is 0 Å². The van der Waals surface area contributed by atoms with Crippen molar-refractivity contribution >= 4 is 50.7 Å². The predicted octanol–water partition coefficient (Wildman–Crippen LogP) is 5.51. The smallest absolute Gasteiger partial charge is 0.291 e. The molecule has 0 radical (unpaired) electrons. The first-order valence-electron chi connectivity index (χ1n) is 9.76. The molecule has 0 unspecified atom stereocenters. The van der Waals surface area contributed by atoms with Crippen molar-refractivity contribution in [3.8, 4) is 5.75 Å². The van der Waals surface area contributed by atoms with Crippen LogP contribution in [-0.4, -0.2) is 21.6 Å². The second kappa shape index (κ2) is 9.93. The monoisotopic (exact) mass is 528 g/mol. The number of furan rings is 1. The van der Waals surface area contributed by atoms with Crippen LogP contribution in [0, 0.1) is 0 Å². The zero-order chi connectivity index (χ0) is 23.4. The Morgan fingerprint density at radius 2 is 1.73 bits per heavy atom. The molecule has 2 aromatic heterocycles. The number of aromatic nitrogens is 2. The van der Waals surface area contributed by atoms with Gasteiger partial charge in [-0.15, -0.1) is 0 Å². The van der Waals surface area contributed by atoms with Gasteiger partial charge < -0.3 is 19.8 Å². The molecule has 4 rings (SSSR count). The summed E-state index contributed by atoms with van der Waals surface area (Å²) in [6.07, 6.45) is 1.69. The van der Waals surface area contributed by atoms with Gasteiger partial charge >= 0.3 is 0 Å². The lowest BCUT2D eigenvalue weighted by atomic mass is 10.2. The lowest BCUT2D eigenvalue weighted by Gasteiger charge is -2.07. The van der Waals surface area contributed by atoms with Crippen LogP contribution in [0.15, 0.2) is 75.8 Å². The van der Waals surface area contributed by atoms with Crippen molar-refractivity contribution in [1.82, 2.24) is 9.78 Å². The molecule has 4 aromatic rings. The summed E-state index contributed by atoms with van der Waals surface area (Å²) in [6.45, 7) is 0.124. The maximum Gasteiger partial charge on any atom is 0.291 e. The van der Waals surface area contributed by atoms with Crippen molar-refractivity contribution in [1.29, 1.82) is 0 Å². The molecule has 2 aromatic carbocycles. The van der Waals surface area contributed by atoms with Gasteiger partial charge in [0.2, 0.25) is 0 Å². The SMILES string of the molecule is Cn1ccc(C(=O)Nc2ccc(NC(=O)c3ccc(COc4ccc(Br)cc4Cl)o3)cc2)n1. The lowest BCUT2D eigenvalue weighted by Crippen LogP contribution is -2.13. The van der Waals surface area contributed by atoms with Gasteiger partial charge in [-0.2, -0.15) is 5.10 Å². The number of halogens is 2. The van der Waals surface area contributed by atoms with Crippen LogP contribution in [0.1, 0.15) is 26.8 Å². The standard InChI is InChI=1S/C23H18BrClN4O4/c1-29-11-10-19(28-29)22(30)26-15-3-5-16(6-4-15)27-23(31)21-9-7-17(33-21)13-32-20-8-2-14(24)12-18(20)25/h2-12H,13H2,1H3,(H,26,30)(H,27,31). The van der Waals surface area contributed by atoms with Gasteiger partial charge in [0.15, 0.2) is 11.5 Å². The van der Waals surface area contributed by atoms with Crippen LogP contribution in [-0.2, 0) is 13.7 Å². The van der Waals surface area contributed by atoms with E-state index in [1.54, 1.807) is 72.5 Å². The van der Waals surface area contributed by atoms with Gasteiger partial charge in [-0.05, 0) is 60.7 Å². The van der Waals surface area contributed by atoms with Crippen LogP contribution in [0.2, 0.25) is 5.02 Å². The van der Waals surface area contributed by atoms with Crippen molar-refractivity contribution in [2.45, 2.75) is 6.61 Å². The molecular formula is C23H18BrClN4O4. The van der Waals surface area contributed by atoms with E-state index in [9.17, 15) is 9.59 Å². The molecule has 0 saturated heterocycles. The molecule has 168 valence electrons. The van der Waals surface area contributed by atoms with Crippen molar-refractivity contribution in [2.75, 3.05) is 10.6 Å². The summed E-state index contributed by atoms with van der Waals surface area (Å²) in [6, 6.07) is 16.9. The maximum atomic E-state index is 12.5. The molecule has 33 heavy (non-hydrogen) atoms. The molecule has 2 N–H and O–H groups in total. The highest BCUT2D eigenvalue weighted by molar-refractivity contribution is 9.10. The molecule has 0 aliphatic rings. The van der Waals surface area contributed by atoms with E-state index in [0.717, 1.165) is 4.47 Å². The van der Waals surface area contributed by atoms with E-state index in [4.69, 9.17) is 20.8 Å². The summed E-state index contributed by atoms with van der Waals surface area (Å²) in [5, 5.41) is 10.0. The Morgan fingerprint density at radius 3 is 2.36 bits per heavy atom. The third kappa shape index (κ3) is 5.82. The molecule has 0 bridgehead atoms. The first-order chi connectivity index (χ1) is 15.9. The van der Waals surface area contributed by atoms with Crippen molar-refractivity contribution in [2.24, 2.45) is 7.05 Å². The summed E-state index contributed by atoms with van der Waals surface area (Å²) in [4.78, 5) is 24.7. The van der Waals surface area contributed by atoms with E-state index in [0.29, 0.717) is 33.6 Å². The highest BCUT2D eigenvalue weighted by Gasteiger charge is 2.13. The van der Waals surface area contributed by atoms with Crippen LogP contribution in [0.4, 0.5) is 11.4 Å². The van der Waals surface area contributed by atoms with Crippen molar-refractivity contribution < 1.29 is 18.7 Å². The average molecular weight is 530 g/mol. The summed E-state index contributed by atoms with van der Waals surface area (Å²) >= 11 is 9.47. The summed E-state index contributed by atoms with van der Waals surface area (Å²) in [5.41, 5.74) is 1.44. The number of nitrogens with zero attached hydrogens (tertiary/aromatic N) is 2.